The van der Waals surface area contributed by atoms with Gasteiger partial charge >= 0.3 is 18.1 Å². The molecule has 0 aliphatic heterocycles. The van der Waals surface area contributed by atoms with Gasteiger partial charge in [0.15, 0.2) is 0 Å². The van der Waals surface area contributed by atoms with Gasteiger partial charge in [0, 0.05) is 13.0 Å². The van der Waals surface area contributed by atoms with Crippen molar-refractivity contribution < 1.29 is 32.2 Å². The highest BCUT2D eigenvalue weighted by atomic mass is 19.4. The fourth-order valence-electron chi connectivity index (χ4n) is 2.68. The first-order chi connectivity index (χ1) is 14.3. The molecule has 30 heavy (non-hydrogen) atoms. The molecule has 0 aliphatic carbocycles. The minimum Gasteiger partial charge on any atom is -0.493 e. The molecule has 0 radical (unpaired) electrons. The van der Waals surface area contributed by atoms with Crippen molar-refractivity contribution >= 4 is 11.9 Å². The number of ether oxygens (including phenoxy) is 2. The van der Waals surface area contributed by atoms with E-state index in [1.165, 1.54) is 11.1 Å². The Balaban J connectivity index is 1.61. The van der Waals surface area contributed by atoms with E-state index in [1.807, 2.05) is 36.4 Å². The standard InChI is InChI=1S/C22H24F3NO4/c1-16-4-2-3-5-18(16)12-15-29-19-8-6-17(7-9-19)10-13-26-14-11-20(27)30-21(28)22(23,24)25/h2-9,26H,10-15H2,1H3. The van der Waals surface area contributed by atoms with Crippen molar-refractivity contribution in [1.82, 2.24) is 5.32 Å². The molecule has 0 unspecified atom stereocenters. The molecule has 8 heteroatoms. The highest BCUT2D eigenvalue weighted by Crippen LogP contribution is 2.17. The monoisotopic (exact) mass is 423 g/mol. The number of rotatable bonds is 10. The molecular formula is C22H24F3NO4. The summed E-state index contributed by atoms with van der Waals surface area (Å²) in [5.74, 6) is -2.93. The quantitative estimate of drug-likeness (QED) is 0.358. The maximum Gasteiger partial charge on any atom is 0.491 e. The summed E-state index contributed by atoms with van der Waals surface area (Å²) in [5, 5.41) is 2.92. The SMILES string of the molecule is Cc1ccccc1CCOc1ccc(CCNCCC(=O)OC(=O)C(F)(F)F)cc1. The molecule has 0 heterocycles. The Bertz CT molecular complexity index is 835. The lowest BCUT2D eigenvalue weighted by molar-refractivity contribution is -0.201. The summed E-state index contributed by atoms with van der Waals surface area (Å²) in [6, 6.07) is 15.8. The molecule has 0 aromatic heterocycles. The molecule has 0 amide bonds. The number of esters is 2. The van der Waals surface area contributed by atoms with Crippen molar-refractivity contribution in [3.8, 4) is 5.75 Å². The molecule has 0 spiro atoms. The molecular weight excluding hydrogens is 399 g/mol. The summed E-state index contributed by atoms with van der Waals surface area (Å²) in [6.45, 7) is 3.29. The second kappa shape index (κ2) is 11.3. The number of aryl methyl sites for hydroxylation is 1. The fraction of sp³-hybridized carbons (Fsp3) is 0.364. The average molecular weight is 423 g/mol. The summed E-state index contributed by atoms with van der Waals surface area (Å²) >= 11 is 0. The van der Waals surface area contributed by atoms with Crippen molar-refractivity contribution in [2.24, 2.45) is 0 Å². The van der Waals surface area contributed by atoms with Crippen molar-refractivity contribution in [2.45, 2.75) is 32.4 Å². The number of alkyl halides is 3. The highest BCUT2D eigenvalue weighted by molar-refractivity contribution is 5.88. The average Bonchev–Trinajstić information content (AvgIpc) is 2.69. The highest BCUT2D eigenvalue weighted by Gasteiger charge is 2.42. The molecule has 0 saturated heterocycles. The Morgan fingerprint density at radius 3 is 2.33 bits per heavy atom. The predicted octanol–water partition coefficient (Wildman–Crippen LogP) is 3.77. The van der Waals surface area contributed by atoms with Crippen LogP contribution >= 0.6 is 0 Å². The van der Waals surface area contributed by atoms with E-state index in [1.54, 1.807) is 0 Å². The van der Waals surface area contributed by atoms with Crippen LogP contribution in [0, 0.1) is 6.92 Å². The van der Waals surface area contributed by atoms with Crippen LogP contribution in [0.3, 0.4) is 0 Å². The molecule has 2 aromatic carbocycles. The normalized spacial score (nSPS) is 11.2. The summed E-state index contributed by atoms with van der Waals surface area (Å²) in [5.41, 5.74) is 3.54. The van der Waals surface area contributed by atoms with Gasteiger partial charge in [0.1, 0.15) is 5.75 Å². The van der Waals surface area contributed by atoms with Crippen molar-refractivity contribution in [3.63, 3.8) is 0 Å². The minimum atomic E-state index is -5.17. The van der Waals surface area contributed by atoms with Crippen molar-refractivity contribution in [1.29, 1.82) is 0 Å². The van der Waals surface area contributed by atoms with Crippen LogP contribution in [0.5, 0.6) is 5.75 Å². The molecule has 0 atom stereocenters. The predicted molar refractivity (Wildman–Crippen MR) is 105 cm³/mol. The van der Waals surface area contributed by atoms with Gasteiger partial charge in [-0.1, -0.05) is 36.4 Å². The van der Waals surface area contributed by atoms with E-state index in [-0.39, 0.29) is 13.0 Å². The number of halogens is 3. The first kappa shape index (κ1) is 23.4. The Morgan fingerprint density at radius 2 is 1.67 bits per heavy atom. The van der Waals surface area contributed by atoms with Crippen LogP contribution in [-0.4, -0.2) is 37.8 Å². The van der Waals surface area contributed by atoms with Gasteiger partial charge in [-0.25, -0.2) is 4.79 Å². The number of carbonyl (C=O) groups is 2. The molecule has 162 valence electrons. The number of carbonyl (C=O) groups excluding carboxylic acids is 2. The van der Waals surface area contributed by atoms with Gasteiger partial charge in [0.25, 0.3) is 0 Å². The third-order valence-corrected chi connectivity index (χ3v) is 4.36. The minimum absolute atomic E-state index is 0.115. The van der Waals surface area contributed by atoms with Crippen molar-refractivity contribution in [2.75, 3.05) is 19.7 Å². The van der Waals surface area contributed by atoms with Gasteiger partial charge in [0.2, 0.25) is 0 Å². The van der Waals surface area contributed by atoms with Gasteiger partial charge in [-0.2, -0.15) is 13.2 Å². The number of nitrogens with one attached hydrogen (secondary N) is 1. The number of benzene rings is 2. The number of hydrogen-bond acceptors (Lipinski definition) is 5. The van der Waals surface area contributed by atoms with Gasteiger partial charge in [-0.3, -0.25) is 4.79 Å². The van der Waals surface area contributed by atoms with E-state index in [0.29, 0.717) is 19.6 Å². The first-order valence-corrected chi connectivity index (χ1v) is 9.54. The Labute approximate surface area is 173 Å². The maximum atomic E-state index is 12.0. The van der Waals surface area contributed by atoms with Crippen LogP contribution in [0.25, 0.3) is 0 Å². The van der Waals surface area contributed by atoms with Gasteiger partial charge in [-0.05, 0) is 48.7 Å². The van der Waals surface area contributed by atoms with Crippen LogP contribution in [0.2, 0.25) is 0 Å². The Morgan fingerprint density at radius 1 is 0.967 bits per heavy atom. The molecule has 1 N–H and O–H groups in total. The Kier molecular flexibility index (Phi) is 8.86. The maximum absolute atomic E-state index is 12.0. The van der Waals surface area contributed by atoms with Crippen LogP contribution in [0.4, 0.5) is 13.2 Å². The first-order valence-electron chi connectivity index (χ1n) is 9.54. The lowest BCUT2D eigenvalue weighted by Crippen LogP contribution is -2.29. The molecule has 0 aliphatic rings. The molecule has 2 aromatic rings. The van der Waals surface area contributed by atoms with E-state index in [0.717, 1.165) is 17.7 Å². The molecule has 2 rings (SSSR count). The second-order valence-corrected chi connectivity index (χ2v) is 6.68. The lowest BCUT2D eigenvalue weighted by Gasteiger charge is -2.09. The summed E-state index contributed by atoms with van der Waals surface area (Å²) in [4.78, 5) is 21.7. The van der Waals surface area contributed by atoms with E-state index < -0.39 is 18.1 Å². The zero-order valence-corrected chi connectivity index (χ0v) is 16.6. The molecule has 0 fully saturated rings. The second-order valence-electron chi connectivity index (χ2n) is 6.68. The number of hydrogen-bond donors (Lipinski definition) is 1. The molecule has 0 bridgehead atoms. The van der Waals surface area contributed by atoms with Crippen LogP contribution < -0.4 is 10.1 Å². The van der Waals surface area contributed by atoms with Crippen LogP contribution in [-0.2, 0) is 27.2 Å². The van der Waals surface area contributed by atoms with E-state index in [9.17, 15) is 22.8 Å². The van der Waals surface area contributed by atoms with Crippen LogP contribution in [0.1, 0.15) is 23.1 Å². The summed E-state index contributed by atoms with van der Waals surface area (Å²) in [7, 11) is 0. The van der Waals surface area contributed by atoms with Crippen molar-refractivity contribution in [3.05, 3.63) is 65.2 Å². The summed E-state index contributed by atoms with van der Waals surface area (Å²) in [6.07, 6.45) is -4.00. The lowest BCUT2D eigenvalue weighted by atomic mass is 10.1. The van der Waals surface area contributed by atoms with Gasteiger partial charge < -0.3 is 14.8 Å². The largest absolute Gasteiger partial charge is 0.493 e. The topological polar surface area (TPSA) is 64.6 Å². The van der Waals surface area contributed by atoms with Gasteiger partial charge in [0.05, 0.1) is 13.0 Å². The smallest absolute Gasteiger partial charge is 0.491 e. The zero-order chi connectivity index (χ0) is 22.0. The fourth-order valence-corrected chi connectivity index (χ4v) is 2.68. The van der Waals surface area contributed by atoms with E-state index >= 15 is 0 Å². The Hall–Kier alpha value is -2.87. The zero-order valence-electron chi connectivity index (χ0n) is 16.6. The van der Waals surface area contributed by atoms with Crippen LogP contribution in [0.15, 0.2) is 48.5 Å². The van der Waals surface area contributed by atoms with E-state index in [4.69, 9.17) is 4.74 Å². The third kappa shape index (κ3) is 8.24. The van der Waals surface area contributed by atoms with E-state index in [2.05, 4.69) is 29.1 Å². The summed E-state index contributed by atoms with van der Waals surface area (Å²) < 4.78 is 45.4. The molecule has 5 nitrogen and oxygen atoms in total. The molecule has 0 saturated carbocycles. The van der Waals surface area contributed by atoms with Gasteiger partial charge in [-0.15, -0.1) is 0 Å². The third-order valence-electron chi connectivity index (χ3n) is 4.36.